The molecule has 0 bridgehead atoms. The number of carbonyl (C=O) groups is 1. The van der Waals surface area contributed by atoms with Gasteiger partial charge >= 0.3 is 0 Å². The van der Waals surface area contributed by atoms with Crippen LogP contribution < -0.4 is 4.90 Å². The standard InChI is InChI=1S/C24H36ClN5O3S/c1-17(2)14-29(15-18(3)4)24(31)21-16-27(6)26-23(21)34(32,33)30-11-9-28(10-12-30)22-13-20(25)8-7-19(22)5/h7-8,13,16-18H,9-12,14-15H2,1-6H3. The van der Waals surface area contributed by atoms with E-state index < -0.39 is 10.0 Å². The molecule has 0 saturated carbocycles. The smallest absolute Gasteiger partial charge is 0.263 e. The minimum absolute atomic E-state index is 0.136. The molecule has 1 fully saturated rings. The van der Waals surface area contributed by atoms with Crippen LogP contribution in [0.4, 0.5) is 5.69 Å². The van der Waals surface area contributed by atoms with Gasteiger partial charge in [0.05, 0.1) is 5.56 Å². The lowest BCUT2D eigenvalue weighted by molar-refractivity contribution is 0.0711. The predicted molar refractivity (Wildman–Crippen MR) is 136 cm³/mol. The highest BCUT2D eigenvalue weighted by molar-refractivity contribution is 7.89. The maximum atomic E-state index is 13.6. The molecule has 1 amide bonds. The first-order valence-electron chi connectivity index (χ1n) is 11.7. The van der Waals surface area contributed by atoms with E-state index in [0.29, 0.717) is 44.3 Å². The van der Waals surface area contributed by atoms with Crippen molar-refractivity contribution in [3.8, 4) is 0 Å². The summed E-state index contributed by atoms with van der Waals surface area (Å²) in [7, 11) is -2.29. The molecule has 0 N–H and O–H groups in total. The lowest BCUT2D eigenvalue weighted by Gasteiger charge is -2.36. The van der Waals surface area contributed by atoms with Crippen LogP contribution in [0, 0.1) is 18.8 Å². The minimum atomic E-state index is -3.93. The minimum Gasteiger partial charge on any atom is -0.369 e. The summed E-state index contributed by atoms with van der Waals surface area (Å²) in [5, 5.41) is 4.72. The summed E-state index contributed by atoms with van der Waals surface area (Å²) < 4.78 is 30.0. The molecule has 1 saturated heterocycles. The number of aromatic nitrogens is 2. The van der Waals surface area contributed by atoms with E-state index in [1.54, 1.807) is 11.9 Å². The number of halogens is 1. The zero-order valence-electron chi connectivity index (χ0n) is 21.0. The van der Waals surface area contributed by atoms with Crippen molar-refractivity contribution in [1.82, 2.24) is 19.0 Å². The SMILES string of the molecule is Cc1ccc(Cl)cc1N1CCN(S(=O)(=O)c2nn(C)cc2C(=O)N(CC(C)C)CC(C)C)CC1. The van der Waals surface area contributed by atoms with Crippen molar-refractivity contribution in [3.05, 3.63) is 40.5 Å². The topological polar surface area (TPSA) is 78.8 Å². The molecular weight excluding hydrogens is 474 g/mol. The van der Waals surface area contributed by atoms with Gasteiger partial charge in [0.25, 0.3) is 15.9 Å². The van der Waals surface area contributed by atoms with Gasteiger partial charge < -0.3 is 9.80 Å². The Labute approximate surface area is 208 Å². The maximum Gasteiger partial charge on any atom is 0.263 e. The number of benzene rings is 1. The first-order chi connectivity index (χ1) is 15.9. The monoisotopic (exact) mass is 509 g/mol. The molecule has 1 aliphatic heterocycles. The van der Waals surface area contributed by atoms with Crippen molar-refractivity contribution in [2.75, 3.05) is 44.2 Å². The third kappa shape index (κ3) is 5.93. The number of amides is 1. The van der Waals surface area contributed by atoms with Crippen LogP contribution in [-0.4, -0.2) is 72.6 Å². The van der Waals surface area contributed by atoms with E-state index in [0.717, 1.165) is 11.3 Å². The van der Waals surface area contributed by atoms with E-state index in [4.69, 9.17) is 11.6 Å². The van der Waals surface area contributed by atoms with Crippen LogP contribution in [0.15, 0.2) is 29.4 Å². The summed E-state index contributed by atoms with van der Waals surface area (Å²) in [6.07, 6.45) is 1.52. The lowest BCUT2D eigenvalue weighted by Crippen LogP contribution is -2.49. The fraction of sp³-hybridized carbons (Fsp3) is 0.583. The Morgan fingerprint density at radius 3 is 2.24 bits per heavy atom. The highest BCUT2D eigenvalue weighted by Crippen LogP contribution is 2.27. The molecule has 1 aromatic carbocycles. The lowest BCUT2D eigenvalue weighted by atomic mass is 10.1. The normalized spacial score (nSPS) is 15.4. The van der Waals surface area contributed by atoms with Gasteiger partial charge in [-0.05, 0) is 36.5 Å². The van der Waals surface area contributed by atoms with Gasteiger partial charge in [0, 0.05) is 63.2 Å². The molecule has 2 heterocycles. The Bertz CT molecular complexity index is 1110. The van der Waals surface area contributed by atoms with E-state index in [9.17, 15) is 13.2 Å². The van der Waals surface area contributed by atoms with E-state index in [2.05, 4.69) is 10.00 Å². The molecule has 1 aliphatic rings. The predicted octanol–water partition coefficient (Wildman–Crippen LogP) is 3.65. The molecular formula is C24H36ClN5O3S. The van der Waals surface area contributed by atoms with Gasteiger partial charge in [0.1, 0.15) is 0 Å². The average molecular weight is 510 g/mol. The average Bonchev–Trinajstić information content (AvgIpc) is 3.16. The van der Waals surface area contributed by atoms with Crippen molar-refractivity contribution in [2.24, 2.45) is 18.9 Å². The number of hydrogen-bond acceptors (Lipinski definition) is 5. The molecule has 188 valence electrons. The van der Waals surface area contributed by atoms with Gasteiger partial charge in [-0.25, -0.2) is 8.42 Å². The Kier molecular flexibility index (Phi) is 8.31. The Morgan fingerprint density at radius 1 is 1.09 bits per heavy atom. The molecule has 0 radical (unpaired) electrons. The molecule has 0 spiro atoms. The van der Waals surface area contributed by atoms with Gasteiger partial charge in [-0.1, -0.05) is 45.4 Å². The largest absolute Gasteiger partial charge is 0.369 e. The number of rotatable bonds is 8. The van der Waals surface area contributed by atoms with Gasteiger partial charge in [-0.2, -0.15) is 9.40 Å². The van der Waals surface area contributed by atoms with Crippen molar-refractivity contribution in [1.29, 1.82) is 0 Å². The first-order valence-corrected chi connectivity index (χ1v) is 13.6. The quantitative estimate of drug-likeness (QED) is 0.542. The van der Waals surface area contributed by atoms with Crippen molar-refractivity contribution in [3.63, 3.8) is 0 Å². The van der Waals surface area contributed by atoms with Gasteiger partial charge in [-0.3, -0.25) is 9.48 Å². The van der Waals surface area contributed by atoms with Crippen LogP contribution in [-0.2, 0) is 17.1 Å². The molecule has 1 aromatic heterocycles. The number of hydrogen-bond donors (Lipinski definition) is 0. The fourth-order valence-electron chi connectivity index (χ4n) is 4.31. The second-order valence-electron chi connectivity index (χ2n) is 9.84. The molecule has 8 nitrogen and oxygen atoms in total. The Morgan fingerprint density at radius 2 is 1.68 bits per heavy atom. The first kappa shape index (κ1) is 26.5. The third-order valence-electron chi connectivity index (χ3n) is 5.82. The van der Waals surface area contributed by atoms with Crippen LogP contribution in [0.1, 0.15) is 43.6 Å². The molecule has 2 aromatic rings. The summed E-state index contributed by atoms with van der Waals surface area (Å²) in [6, 6.07) is 5.73. The van der Waals surface area contributed by atoms with Crippen LogP contribution in [0.2, 0.25) is 5.02 Å². The number of nitrogens with zero attached hydrogens (tertiary/aromatic N) is 5. The van der Waals surface area contributed by atoms with Crippen LogP contribution in [0.25, 0.3) is 0 Å². The van der Waals surface area contributed by atoms with Crippen LogP contribution in [0.5, 0.6) is 0 Å². The fourth-order valence-corrected chi connectivity index (χ4v) is 6.02. The summed E-state index contributed by atoms with van der Waals surface area (Å²) in [5.74, 6) is 0.243. The zero-order valence-corrected chi connectivity index (χ0v) is 22.5. The number of carbonyl (C=O) groups excluding carboxylic acids is 1. The molecule has 0 unspecified atom stereocenters. The van der Waals surface area contributed by atoms with Crippen molar-refractivity contribution in [2.45, 2.75) is 39.6 Å². The van der Waals surface area contributed by atoms with Gasteiger partial charge in [0.2, 0.25) is 5.03 Å². The van der Waals surface area contributed by atoms with Crippen LogP contribution in [0.3, 0.4) is 0 Å². The second-order valence-corrected chi connectivity index (χ2v) is 12.1. The second kappa shape index (κ2) is 10.7. The molecule has 0 aliphatic carbocycles. The summed E-state index contributed by atoms with van der Waals surface area (Å²) in [5.41, 5.74) is 2.24. The number of piperazine rings is 1. The summed E-state index contributed by atoms with van der Waals surface area (Å²) in [4.78, 5) is 17.3. The highest BCUT2D eigenvalue weighted by atomic mass is 35.5. The van der Waals surface area contributed by atoms with E-state index in [-0.39, 0.29) is 28.3 Å². The van der Waals surface area contributed by atoms with E-state index >= 15 is 0 Å². The molecule has 0 atom stereocenters. The summed E-state index contributed by atoms with van der Waals surface area (Å²) in [6.45, 7) is 13.0. The molecule has 10 heteroatoms. The van der Waals surface area contributed by atoms with E-state index in [1.807, 2.05) is 52.8 Å². The zero-order chi connectivity index (χ0) is 25.2. The number of anilines is 1. The maximum absolute atomic E-state index is 13.6. The van der Waals surface area contributed by atoms with Gasteiger partial charge in [0.15, 0.2) is 0 Å². The Balaban J connectivity index is 1.84. The number of aryl methyl sites for hydroxylation is 2. The summed E-state index contributed by atoms with van der Waals surface area (Å²) >= 11 is 6.18. The Hall–Kier alpha value is -2.10. The highest BCUT2D eigenvalue weighted by Gasteiger charge is 2.36. The molecule has 34 heavy (non-hydrogen) atoms. The van der Waals surface area contributed by atoms with Crippen molar-refractivity contribution < 1.29 is 13.2 Å². The number of sulfonamides is 1. The van der Waals surface area contributed by atoms with E-state index in [1.165, 1.54) is 15.2 Å². The third-order valence-corrected chi connectivity index (χ3v) is 7.89. The van der Waals surface area contributed by atoms with Crippen molar-refractivity contribution >= 4 is 33.2 Å². The van der Waals surface area contributed by atoms with Crippen LogP contribution >= 0.6 is 11.6 Å². The molecule has 3 rings (SSSR count). The van der Waals surface area contributed by atoms with Gasteiger partial charge in [-0.15, -0.1) is 0 Å².